The van der Waals surface area contributed by atoms with E-state index in [1.807, 2.05) is 30.5 Å². The number of rotatable bonds is 5. The fraction of sp³-hybridized carbons (Fsp3) is 0.467. The minimum atomic E-state index is -1.09. The van der Waals surface area contributed by atoms with Gasteiger partial charge in [0, 0.05) is 11.3 Å². The van der Waals surface area contributed by atoms with Crippen LogP contribution in [0, 0.1) is 0 Å². The predicted octanol–water partition coefficient (Wildman–Crippen LogP) is 2.93. The Labute approximate surface area is 129 Å². The highest BCUT2D eigenvalue weighted by atomic mass is 32.2. The molecular formula is C15H21NO4S. The Morgan fingerprint density at radius 1 is 1.38 bits per heavy atom. The lowest BCUT2D eigenvalue weighted by Gasteiger charge is -2.22. The number of ether oxygens (including phenoxy) is 1. The first-order valence-corrected chi connectivity index (χ1v) is 7.79. The molecule has 116 valence electrons. The van der Waals surface area contributed by atoms with Gasteiger partial charge in [-0.25, -0.2) is 9.59 Å². The molecule has 1 amide bonds. The monoisotopic (exact) mass is 311 g/mol. The number of alkyl carbamates (subject to hydrolysis) is 1. The zero-order chi connectivity index (χ0) is 16.0. The third-order valence-corrected chi connectivity index (χ3v) is 3.29. The second-order valence-corrected chi connectivity index (χ2v) is 6.47. The molecule has 1 aromatic carbocycles. The SMILES string of the molecule is CSc1cccc(C[C@H](NC(=O)OC(C)(C)C)C(=O)O)c1. The molecule has 0 saturated carbocycles. The number of aliphatic carboxylic acids is 1. The van der Waals surface area contributed by atoms with Crippen molar-refractivity contribution in [3.63, 3.8) is 0 Å². The maximum Gasteiger partial charge on any atom is 0.408 e. The summed E-state index contributed by atoms with van der Waals surface area (Å²) in [5.74, 6) is -1.09. The molecule has 5 nitrogen and oxygen atoms in total. The fourth-order valence-electron chi connectivity index (χ4n) is 1.69. The van der Waals surface area contributed by atoms with Crippen LogP contribution in [-0.4, -0.2) is 35.1 Å². The van der Waals surface area contributed by atoms with Crippen LogP contribution in [0.4, 0.5) is 4.79 Å². The molecule has 0 spiro atoms. The maximum atomic E-state index is 11.7. The van der Waals surface area contributed by atoms with Crippen LogP contribution in [0.5, 0.6) is 0 Å². The molecule has 2 N–H and O–H groups in total. The fourth-order valence-corrected chi connectivity index (χ4v) is 2.17. The van der Waals surface area contributed by atoms with E-state index in [-0.39, 0.29) is 6.42 Å². The number of hydrogen-bond donors (Lipinski definition) is 2. The van der Waals surface area contributed by atoms with Crippen molar-refractivity contribution in [2.24, 2.45) is 0 Å². The largest absolute Gasteiger partial charge is 0.480 e. The van der Waals surface area contributed by atoms with Crippen molar-refractivity contribution in [3.8, 4) is 0 Å². The van der Waals surface area contributed by atoms with E-state index in [1.54, 1.807) is 32.5 Å². The van der Waals surface area contributed by atoms with Gasteiger partial charge < -0.3 is 15.2 Å². The summed E-state index contributed by atoms with van der Waals surface area (Å²) in [6.07, 6.45) is 1.44. The number of amides is 1. The number of nitrogens with one attached hydrogen (secondary N) is 1. The van der Waals surface area contributed by atoms with E-state index in [0.717, 1.165) is 10.5 Å². The Morgan fingerprint density at radius 2 is 2.05 bits per heavy atom. The van der Waals surface area contributed by atoms with Gasteiger partial charge in [-0.2, -0.15) is 0 Å². The third-order valence-electron chi connectivity index (χ3n) is 2.56. The molecule has 0 unspecified atom stereocenters. The number of thioether (sulfide) groups is 1. The second-order valence-electron chi connectivity index (χ2n) is 5.59. The summed E-state index contributed by atoms with van der Waals surface area (Å²) >= 11 is 1.58. The van der Waals surface area contributed by atoms with Gasteiger partial charge in [0.05, 0.1) is 0 Å². The molecule has 0 bridgehead atoms. The third kappa shape index (κ3) is 6.53. The van der Waals surface area contributed by atoms with Crippen molar-refractivity contribution < 1.29 is 19.4 Å². The molecule has 1 atom stereocenters. The minimum absolute atomic E-state index is 0.211. The first-order valence-electron chi connectivity index (χ1n) is 6.56. The summed E-state index contributed by atoms with van der Waals surface area (Å²) in [6.45, 7) is 5.18. The van der Waals surface area contributed by atoms with Crippen LogP contribution in [0.1, 0.15) is 26.3 Å². The highest BCUT2D eigenvalue weighted by Crippen LogP contribution is 2.17. The van der Waals surface area contributed by atoms with E-state index < -0.39 is 23.7 Å². The van der Waals surface area contributed by atoms with Crippen LogP contribution in [-0.2, 0) is 16.0 Å². The van der Waals surface area contributed by atoms with Crippen molar-refractivity contribution >= 4 is 23.8 Å². The molecule has 1 rings (SSSR count). The summed E-state index contributed by atoms with van der Waals surface area (Å²) in [5.41, 5.74) is 0.191. The summed E-state index contributed by atoms with van der Waals surface area (Å²) in [4.78, 5) is 24.0. The number of carboxylic acid groups (broad SMARTS) is 1. The average Bonchev–Trinajstić information content (AvgIpc) is 2.36. The molecule has 1 aromatic rings. The predicted molar refractivity (Wildman–Crippen MR) is 82.7 cm³/mol. The zero-order valence-electron chi connectivity index (χ0n) is 12.7. The molecule has 0 aliphatic rings. The molecule has 0 aliphatic carbocycles. The topological polar surface area (TPSA) is 75.6 Å². The Hall–Kier alpha value is -1.69. The Balaban J connectivity index is 2.74. The molecule has 21 heavy (non-hydrogen) atoms. The van der Waals surface area contributed by atoms with Gasteiger partial charge in [0.1, 0.15) is 11.6 Å². The van der Waals surface area contributed by atoms with Crippen LogP contribution in [0.3, 0.4) is 0 Å². The molecule has 0 saturated heterocycles. The van der Waals surface area contributed by atoms with Gasteiger partial charge >= 0.3 is 12.1 Å². The van der Waals surface area contributed by atoms with E-state index in [0.29, 0.717) is 0 Å². The van der Waals surface area contributed by atoms with Crippen molar-refractivity contribution in [1.82, 2.24) is 5.32 Å². The number of benzene rings is 1. The van der Waals surface area contributed by atoms with Gasteiger partial charge in [0.25, 0.3) is 0 Å². The minimum Gasteiger partial charge on any atom is -0.480 e. The first-order chi connectivity index (χ1) is 9.71. The van der Waals surface area contributed by atoms with Crippen molar-refractivity contribution in [2.75, 3.05) is 6.26 Å². The van der Waals surface area contributed by atoms with Gasteiger partial charge in [-0.15, -0.1) is 11.8 Å². The highest BCUT2D eigenvalue weighted by Gasteiger charge is 2.24. The molecule has 0 radical (unpaired) electrons. The zero-order valence-corrected chi connectivity index (χ0v) is 13.5. The summed E-state index contributed by atoms with van der Waals surface area (Å²) in [6, 6.07) is 6.56. The summed E-state index contributed by atoms with van der Waals surface area (Å²) in [5, 5.41) is 11.6. The molecule has 0 aliphatic heterocycles. The molecule has 6 heteroatoms. The Morgan fingerprint density at radius 3 is 2.57 bits per heavy atom. The summed E-state index contributed by atoms with van der Waals surface area (Å²) in [7, 11) is 0. The highest BCUT2D eigenvalue weighted by molar-refractivity contribution is 7.98. The quantitative estimate of drug-likeness (QED) is 0.818. The van der Waals surface area contributed by atoms with E-state index in [4.69, 9.17) is 4.74 Å². The molecular weight excluding hydrogens is 290 g/mol. The van der Waals surface area contributed by atoms with E-state index in [1.165, 1.54) is 0 Å². The lowest BCUT2D eigenvalue weighted by Crippen LogP contribution is -2.44. The van der Waals surface area contributed by atoms with Crippen LogP contribution in [0.15, 0.2) is 29.2 Å². The number of carbonyl (C=O) groups excluding carboxylic acids is 1. The lowest BCUT2D eigenvalue weighted by atomic mass is 10.1. The van der Waals surface area contributed by atoms with Gasteiger partial charge in [-0.05, 0) is 44.7 Å². The number of hydrogen-bond acceptors (Lipinski definition) is 4. The molecule has 0 aromatic heterocycles. The van der Waals surface area contributed by atoms with Crippen molar-refractivity contribution in [3.05, 3.63) is 29.8 Å². The van der Waals surface area contributed by atoms with Crippen LogP contribution in [0.25, 0.3) is 0 Å². The Kier molecular flexibility index (Phi) is 6.08. The average molecular weight is 311 g/mol. The van der Waals surface area contributed by atoms with Crippen LogP contribution in [0.2, 0.25) is 0 Å². The van der Waals surface area contributed by atoms with E-state index in [2.05, 4.69) is 5.32 Å². The van der Waals surface area contributed by atoms with Crippen molar-refractivity contribution in [1.29, 1.82) is 0 Å². The van der Waals surface area contributed by atoms with E-state index in [9.17, 15) is 14.7 Å². The van der Waals surface area contributed by atoms with Gasteiger partial charge in [-0.3, -0.25) is 0 Å². The van der Waals surface area contributed by atoms with Gasteiger partial charge in [-0.1, -0.05) is 12.1 Å². The molecule has 0 heterocycles. The summed E-state index contributed by atoms with van der Waals surface area (Å²) < 4.78 is 5.08. The molecule has 0 fully saturated rings. The van der Waals surface area contributed by atoms with Crippen LogP contribution >= 0.6 is 11.8 Å². The van der Waals surface area contributed by atoms with Crippen LogP contribution < -0.4 is 5.32 Å². The second kappa shape index (κ2) is 7.36. The normalized spacial score (nSPS) is 12.6. The van der Waals surface area contributed by atoms with Crippen molar-refractivity contribution in [2.45, 2.75) is 43.7 Å². The van der Waals surface area contributed by atoms with Gasteiger partial charge in [0.15, 0.2) is 0 Å². The van der Waals surface area contributed by atoms with Gasteiger partial charge in [0.2, 0.25) is 0 Å². The maximum absolute atomic E-state index is 11.7. The lowest BCUT2D eigenvalue weighted by molar-refractivity contribution is -0.139. The smallest absolute Gasteiger partial charge is 0.408 e. The first kappa shape index (κ1) is 17.4. The Bertz CT molecular complexity index is 511. The standard InChI is InChI=1S/C15H21NO4S/c1-15(2,3)20-14(19)16-12(13(17)18)9-10-6-5-7-11(8-10)21-4/h5-8,12H,9H2,1-4H3,(H,16,19)(H,17,18)/t12-/m0/s1. The number of carbonyl (C=O) groups is 2. The van der Waals surface area contributed by atoms with E-state index >= 15 is 0 Å². The number of carboxylic acids is 1.